The number of nitrogens with two attached hydrogens (primary N) is 2. The third-order valence-electron chi connectivity index (χ3n) is 5.16. The molecule has 0 radical (unpaired) electrons. The molecule has 1 atom stereocenters. The number of carbonyl (C=O) groups excluding carboxylic acids is 1. The number of hydrogen-bond donors (Lipinski definition) is 2. The summed E-state index contributed by atoms with van der Waals surface area (Å²) in [7, 11) is 0. The van der Waals surface area contributed by atoms with Crippen molar-refractivity contribution < 1.29 is 9.53 Å². The Bertz CT molecular complexity index is 1040. The lowest BCUT2D eigenvalue weighted by molar-refractivity contribution is -0.118. The van der Waals surface area contributed by atoms with Crippen LogP contribution in [0.1, 0.15) is 12.0 Å². The van der Waals surface area contributed by atoms with Crippen LogP contribution in [0.3, 0.4) is 0 Å². The Morgan fingerprint density at radius 1 is 1.32 bits per heavy atom. The number of rotatable bonds is 4. The van der Waals surface area contributed by atoms with E-state index in [0.717, 1.165) is 33.3 Å². The maximum atomic E-state index is 11.4. The maximum Gasteiger partial charge on any atom is 0.219 e. The molecular weight excluding hydrogens is 354 g/mol. The number of aryl methyl sites for hydroxylation is 1. The van der Waals surface area contributed by atoms with Gasteiger partial charge in [0.05, 0.1) is 19.3 Å². The van der Waals surface area contributed by atoms with Gasteiger partial charge in [-0.05, 0) is 47.7 Å². The summed E-state index contributed by atoms with van der Waals surface area (Å²) >= 11 is 0. The van der Waals surface area contributed by atoms with Crippen LogP contribution in [-0.4, -0.2) is 41.7 Å². The van der Waals surface area contributed by atoms with Crippen molar-refractivity contribution >= 4 is 28.2 Å². The number of pyridine rings is 2. The van der Waals surface area contributed by atoms with Crippen molar-refractivity contribution in [3.05, 3.63) is 48.4 Å². The lowest BCUT2D eigenvalue weighted by atomic mass is 9.99. The first-order chi connectivity index (χ1) is 13.5. The highest BCUT2D eigenvalue weighted by Gasteiger charge is 2.26. The molecule has 28 heavy (non-hydrogen) atoms. The van der Waals surface area contributed by atoms with Crippen LogP contribution >= 0.6 is 0 Å². The lowest BCUT2D eigenvalue weighted by Gasteiger charge is -2.36. The van der Waals surface area contributed by atoms with Crippen molar-refractivity contribution in [2.75, 3.05) is 30.4 Å². The third kappa shape index (κ3) is 3.48. The van der Waals surface area contributed by atoms with Gasteiger partial charge in [-0.3, -0.25) is 9.78 Å². The number of nitrogens with zero attached hydrogens (tertiary/aromatic N) is 3. The van der Waals surface area contributed by atoms with Gasteiger partial charge in [0.15, 0.2) is 0 Å². The first kappa shape index (κ1) is 18.2. The maximum absolute atomic E-state index is 11.4. The molecule has 4 rings (SSSR count). The predicted molar refractivity (Wildman–Crippen MR) is 110 cm³/mol. The van der Waals surface area contributed by atoms with Crippen LogP contribution < -0.4 is 16.4 Å². The molecule has 3 aromatic rings. The molecule has 3 heterocycles. The number of hydrogen-bond acceptors (Lipinski definition) is 6. The summed E-state index contributed by atoms with van der Waals surface area (Å²) in [6.07, 6.45) is 5.65. The Labute approximate surface area is 163 Å². The van der Waals surface area contributed by atoms with Gasteiger partial charge in [-0.2, -0.15) is 0 Å². The standard InChI is InChI=1S/C21H23N5O2/c1-13-2-3-24-10-17(13)14-6-15-8-21(25-11-18(15)19(22)7-14)26-4-5-28-12-16(26)9-20(23)27/h2-3,6-8,10-11,16H,4-5,9,12,22H2,1H3,(H2,23,27). The zero-order chi connectivity index (χ0) is 19.7. The molecular formula is C21H23N5O2. The number of aromatic nitrogens is 2. The molecule has 0 spiro atoms. The van der Waals surface area contributed by atoms with Gasteiger partial charge >= 0.3 is 0 Å². The Balaban J connectivity index is 1.77. The second-order valence-corrected chi connectivity index (χ2v) is 7.11. The first-order valence-electron chi connectivity index (χ1n) is 9.26. The average Bonchev–Trinajstić information content (AvgIpc) is 2.68. The van der Waals surface area contributed by atoms with Gasteiger partial charge in [0, 0.05) is 48.2 Å². The molecule has 0 saturated carbocycles. The van der Waals surface area contributed by atoms with E-state index in [0.29, 0.717) is 25.4 Å². The average molecular weight is 377 g/mol. The molecule has 0 bridgehead atoms. The second kappa shape index (κ2) is 7.44. The zero-order valence-corrected chi connectivity index (χ0v) is 15.8. The molecule has 144 valence electrons. The largest absolute Gasteiger partial charge is 0.398 e. The topological polar surface area (TPSA) is 107 Å². The minimum atomic E-state index is -0.347. The van der Waals surface area contributed by atoms with Crippen LogP contribution in [0.15, 0.2) is 42.9 Å². The van der Waals surface area contributed by atoms with E-state index in [9.17, 15) is 4.79 Å². The monoisotopic (exact) mass is 377 g/mol. The van der Waals surface area contributed by atoms with E-state index in [1.54, 1.807) is 12.4 Å². The predicted octanol–water partition coefficient (Wildman–Crippen LogP) is 2.27. The summed E-state index contributed by atoms with van der Waals surface area (Å²) in [5.41, 5.74) is 15.6. The van der Waals surface area contributed by atoms with E-state index in [1.165, 1.54) is 0 Å². The van der Waals surface area contributed by atoms with Crippen LogP contribution in [-0.2, 0) is 9.53 Å². The molecule has 1 fully saturated rings. The van der Waals surface area contributed by atoms with Gasteiger partial charge in [0.2, 0.25) is 5.91 Å². The molecule has 0 aliphatic carbocycles. The van der Waals surface area contributed by atoms with E-state index in [1.807, 2.05) is 24.4 Å². The Kier molecular flexibility index (Phi) is 4.83. The number of morpholine rings is 1. The van der Waals surface area contributed by atoms with Gasteiger partial charge in [-0.25, -0.2) is 4.98 Å². The van der Waals surface area contributed by atoms with Gasteiger partial charge in [0.25, 0.3) is 0 Å². The van der Waals surface area contributed by atoms with Crippen molar-refractivity contribution in [3.8, 4) is 11.1 Å². The summed E-state index contributed by atoms with van der Waals surface area (Å²) in [5.74, 6) is 0.446. The highest BCUT2D eigenvalue weighted by molar-refractivity contribution is 5.97. The molecule has 2 aromatic heterocycles. The molecule has 1 aromatic carbocycles. The Morgan fingerprint density at radius 2 is 2.18 bits per heavy atom. The van der Waals surface area contributed by atoms with Crippen molar-refractivity contribution in [1.29, 1.82) is 0 Å². The molecule has 7 nitrogen and oxygen atoms in total. The van der Waals surface area contributed by atoms with Crippen molar-refractivity contribution in [1.82, 2.24) is 9.97 Å². The molecule has 4 N–H and O–H groups in total. The highest BCUT2D eigenvalue weighted by Crippen LogP contribution is 2.32. The number of ether oxygens (including phenoxy) is 1. The van der Waals surface area contributed by atoms with Crippen LogP contribution in [0.25, 0.3) is 21.9 Å². The fourth-order valence-corrected chi connectivity index (χ4v) is 3.71. The summed E-state index contributed by atoms with van der Waals surface area (Å²) in [5, 5.41) is 1.89. The fourth-order valence-electron chi connectivity index (χ4n) is 3.71. The SMILES string of the molecule is Cc1ccncc1-c1cc(N)c2cnc(N3CCOCC3CC(N)=O)cc2c1. The highest BCUT2D eigenvalue weighted by atomic mass is 16.5. The summed E-state index contributed by atoms with van der Waals surface area (Å²) in [4.78, 5) is 22.4. The zero-order valence-electron chi connectivity index (χ0n) is 15.8. The molecule has 1 amide bonds. The minimum Gasteiger partial charge on any atom is -0.398 e. The van der Waals surface area contributed by atoms with Crippen LogP contribution in [0.4, 0.5) is 11.5 Å². The van der Waals surface area contributed by atoms with E-state index in [2.05, 4.69) is 27.9 Å². The van der Waals surface area contributed by atoms with Gasteiger partial charge < -0.3 is 21.1 Å². The molecule has 7 heteroatoms. The third-order valence-corrected chi connectivity index (χ3v) is 5.16. The Hall–Kier alpha value is -3.19. The second-order valence-electron chi connectivity index (χ2n) is 7.11. The number of amides is 1. The Morgan fingerprint density at radius 3 is 2.96 bits per heavy atom. The molecule has 1 aliphatic rings. The fraction of sp³-hybridized carbons (Fsp3) is 0.286. The van der Waals surface area contributed by atoms with Gasteiger partial charge in [-0.15, -0.1) is 0 Å². The van der Waals surface area contributed by atoms with Crippen molar-refractivity contribution in [2.24, 2.45) is 5.73 Å². The normalized spacial score (nSPS) is 17.0. The molecule has 1 unspecified atom stereocenters. The number of fused-ring (bicyclic) bond motifs is 1. The minimum absolute atomic E-state index is 0.114. The van der Waals surface area contributed by atoms with Gasteiger partial charge in [-0.1, -0.05) is 0 Å². The summed E-state index contributed by atoms with van der Waals surface area (Å²) in [6.45, 7) is 3.76. The summed E-state index contributed by atoms with van der Waals surface area (Å²) < 4.78 is 5.53. The van der Waals surface area contributed by atoms with Gasteiger partial charge in [0.1, 0.15) is 5.82 Å². The first-order valence-corrected chi connectivity index (χ1v) is 9.26. The molecule has 1 aliphatic heterocycles. The van der Waals surface area contributed by atoms with E-state index in [4.69, 9.17) is 16.2 Å². The van der Waals surface area contributed by atoms with Crippen molar-refractivity contribution in [2.45, 2.75) is 19.4 Å². The quantitative estimate of drug-likeness (QED) is 0.676. The van der Waals surface area contributed by atoms with E-state index >= 15 is 0 Å². The molecule has 1 saturated heterocycles. The van der Waals surface area contributed by atoms with Crippen molar-refractivity contribution in [3.63, 3.8) is 0 Å². The number of nitrogen functional groups attached to an aromatic ring is 1. The smallest absolute Gasteiger partial charge is 0.219 e. The number of anilines is 2. The van der Waals surface area contributed by atoms with Crippen LogP contribution in [0.2, 0.25) is 0 Å². The van der Waals surface area contributed by atoms with Crippen LogP contribution in [0.5, 0.6) is 0 Å². The van der Waals surface area contributed by atoms with E-state index in [-0.39, 0.29) is 18.4 Å². The number of benzene rings is 1. The van der Waals surface area contributed by atoms with Crippen LogP contribution in [0, 0.1) is 6.92 Å². The summed E-state index contributed by atoms with van der Waals surface area (Å²) in [6, 6.07) is 7.94. The number of primary amides is 1. The van der Waals surface area contributed by atoms with E-state index < -0.39 is 0 Å². The number of carbonyl (C=O) groups is 1. The lowest BCUT2D eigenvalue weighted by Crippen LogP contribution is -2.47.